The number of benzene rings is 3. The maximum atomic E-state index is 13.3. The Hall–Kier alpha value is -3.93. The molecule has 0 N–H and O–H groups in total. The van der Waals surface area contributed by atoms with Gasteiger partial charge in [0.1, 0.15) is 5.75 Å². The summed E-state index contributed by atoms with van der Waals surface area (Å²) >= 11 is 0. The number of imide groups is 1. The highest BCUT2D eigenvalue weighted by molar-refractivity contribution is 6.54. The van der Waals surface area contributed by atoms with E-state index in [-0.39, 0.29) is 12.4 Å². The first kappa shape index (κ1) is 20.3. The van der Waals surface area contributed by atoms with Crippen molar-refractivity contribution >= 4 is 23.5 Å². The third kappa shape index (κ3) is 4.48. The fourth-order valence-electron chi connectivity index (χ4n) is 3.40. The second-order valence-electron chi connectivity index (χ2n) is 7.05. The molecule has 0 atom stereocenters. The van der Waals surface area contributed by atoms with E-state index in [1.165, 1.54) is 9.80 Å². The zero-order valence-electron chi connectivity index (χ0n) is 17.3. The van der Waals surface area contributed by atoms with Crippen LogP contribution in [0.2, 0.25) is 0 Å². The molecule has 1 fully saturated rings. The Kier molecular flexibility index (Phi) is 6.08. The van der Waals surface area contributed by atoms with Gasteiger partial charge in [0.25, 0.3) is 5.91 Å². The molecule has 0 spiro atoms. The van der Waals surface area contributed by atoms with E-state index in [1.54, 1.807) is 24.3 Å². The third-order valence-corrected chi connectivity index (χ3v) is 4.91. The molecule has 0 saturated carbocycles. The van der Waals surface area contributed by atoms with E-state index in [0.29, 0.717) is 24.6 Å². The van der Waals surface area contributed by atoms with Gasteiger partial charge in [0.15, 0.2) is 0 Å². The molecule has 0 radical (unpaired) electrons. The topological polar surface area (TPSA) is 62.2 Å². The first-order valence-electron chi connectivity index (χ1n) is 10.2. The van der Waals surface area contributed by atoms with Gasteiger partial charge in [-0.05, 0) is 42.3 Å². The number of nitrogens with zero attached hydrogens (tertiary/aromatic N) is 3. The summed E-state index contributed by atoms with van der Waals surface area (Å²) < 4.78 is 5.49. The number of amides is 3. The molecule has 1 aliphatic rings. The number of aliphatic imine (C=N–C) groups is 1. The van der Waals surface area contributed by atoms with E-state index in [4.69, 9.17) is 4.74 Å². The maximum absolute atomic E-state index is 13.3. The zero-order valence-corrected chi connectivity index (χ0v) is 17.3. The molecule has 3 aromatic carbocycles. The lowest BCUT2D eigenvalue weighted by Gasteiger charge is -2.17. The standard InChI is InChI=1S/C25H23N3O3/c1-2-31-22-15-13-21(14-16-22)28-23(26-17-19-9-5-3-6-10-19)24(29)27(25(28)30)18-20-11-7-4-8-12-20/h3-16H,2,17-18H2,1H3. The number of anilines is 1. The predicted molar refractivity (Wildman–Crippen MR) is 120 cm³/mol. The molecule has 0 aliphatic carbocycles. The Morgan fingerprint density at radius 2 is 1.42 bits per heavy atom. The van der Waals surface area contributed by atoms with Crippen molar-refractivity contribution in [2.24, 2.45) is 4.99 Å². The normalized spacial score (nSPS) is 15.1. The molecule has 156 valence electrons. The van der Waals surface area contributed by atoms with Crippen LogP contribution in [0.15, 0.2) is 89.9 Å². The van der Waals surface area contributed by atoms with Gasteiger partial charge in [-0.25, -0.2) is 9.69 Å². The summed E-state index contributed by atoms with van der Waals surface area (Å²) in [5, 5.41) is 0. The summed E-state index contributed by atoms with van der Waals surface area (Å²) in [5.74, 6) is 0.417. The van der Waals surface area contributed by atoms with Gasteiger partial charge in [0, 0.05) is 0 Å². The van der Waals surface area contributed by atoms with E-state index in [0.717, 1.165) is 11.1 Å². The average Bonchev–Trinajstić information content (AvgIpc) is 3.04. The van der Waals surface area contributed by atoms with Crippen molar-refractivity contribution in [3.63, 3.8) is 0 Å². The molecular formula is C25H23N3O3. The molecule has 0 bridgehead atoms. The van der Waals surface area contributed by atoms with Crippen LogP contribution in [0.4, 0.5) is 10.5 Å². The molecule has 6 nitrogen and oxygen atoms in total. The Morgan fingerprint density at radius 1 is 0.806 bits per heavy atom. The van der Waals surface area contributed by atoms with Crippen LogP contribution in [-0.4, -0.2) is 29.3 Å². The van der Waals surface area contributed by atoms with Crippen LogP contribution in [0.1, 0.15) is 18.1 Å². The summed E-state index contributed by atoms with van der Waals surface area (Å²) in [7, 11) is 0. The summed E-state index contributed by atoms with van der Waals surface area (Å²) in [6.45, 7) is 2.96. The Balaban J connectivity index is 1.67. The van der Waals surface area contributed by atoms with E-state index >= 15 is 0 Å². The van der Waals surface area contributed by atoms with E-state index < -0.39 is 11.9 Å². The fourth-order valence-corrected chi connectivity index (χ4v) is 3.40. The molecule has 0 aromatic heterocycles. The number of carbonyl (C=O) groups is 2. The SMILES string of the molecule is CCOc1ccc(N2C(=O)N(Cc3ccccc3)C(=O)C2=NCc2ccccc2)cc1. The van der Waals surface area contributed by atoms with E-state index in [9.17, 15) is 9.59 Å². The van der Waals surface area contributed by atoms with Gasteiger partial charge in [0.05, 0.1) is 25.4 Å². The smallest absolute Gasteiger partial charge is 0.337 e. The van der Waals surface area contributed by atoms with Crippen LogP contribution in [0.5, 0.6) is 5.75 Å². The first-order valence-corrected chi connectivity index (χ1v) is 10.2. The predicted octanol–water partition coefficient (Wildman–Crippen LogP) is 4.65. The van der Waals surface area contributed by atoms with Gasteiger partial charge >= 0.3 is 6.03 Å². The monoisotopic (exact) mass is 413 g/mol. The Labute approximate surface area is 181 Å². The van der Waals surface area contributed by atoms with Crippen LogP contribution in [-0.2, 0) is 17.9 Å². The number of amidine groups is 1. The second-order valence-corrected chi connectivity index (χ2v) is 7.05. The van der Waals surface area contributed by atoms with Crippen LogP contribution in [0, 0.1) is 0 Å². The van der Waals surface area contributed by atoms with Gasteiger partial charge in [-0.3, -0.25) is 14.7 Å². The molecule has 4 rings (SSSR count). The quantitative estimate of drug-likeness (QED) is 0.530. The molecule has 1 aliphatic heterocycles. The van der Waals surface area contributed by atoms with Gasteiger partial charge in [-0.15, -0.1) is 0 Å². The molecule has 3 aromatic rings. The lowest BCUT2D eigenvalue weighted by Crippen LogP contribution is -2.33. The molecule has 0 unspecified atom stereocenters. The number of ether oxygens (including phenoxy) is 1. The van der Waals surface area contributed by atoms with Crippen molar-refractivity contribution < 1.29 is 14.3 Å². The minimum Gasteiger partial charge on any atom is -0.494 e. The van der Waals surface area contributed by atoms with Crippen molar-refractivity contribution in [1.29, 1.82) is 0 Å². The minimum absolute atomic E-state index is 0.119. The molecule has 3 amide bonds. The Morgan fingerprint density at radius 3 is 2.03 bits per heavy atom. The van der Waals surface area contributed by atoms with Crippen LogP contribution < -0.4 is 9.64 Å². The Bertz CT molecular complexity index is 1080. The van der Waals surface area contributed by atoms with Crippen LogP contribution in [0.25, 0.3) is 0 Å². The summed E-state index contributed by atoms with van der Waals surface area (Å²) in [4.78, 5) is 33.6. The maximum Gasteiger partial charge on any atom is 0.337 e. The van der Waals surface area contributed by atoms with Gasteiger partial charge in [-0.2, -0.15) is 0 Å². The van der Waals surface area contributed by atoms with Gasteiger partial charge < -0.3 is 4.74 Å². The largest absolute Gasteiger partial charge is 0.494 e. The third-order valence-electron chi connectivity index (χ3n) is 4.91. The van der Waals surface area contributed by atoms with Crippen LogP contribution in [0.3, 0.4) is 0 Å². The lowest BCUT2D eigenvalue weighted by molar-refractivity contribution is -0.120. The highest BCUT2D eigenvalue weighted by Crippen LogP contribution is 2.27. The molecular weight excluding hydrogens is 390 g/mol. The fraction of sp³-hybridized carbons (Fsp3) is 0.160. The highest BCUT2D eigenvalue weighted by atomic mass is 16.5. The number of carbonyl (C=O) groups excluding carboxylic acids is 2. The van der Waals surface area contributed by atoms with E-state index in [1.807, 2.05) is 67.6 Å². The van der Waals surface area contributed by atoms with Crippen molar-refractivity contribution in [3.8, 4) is 5.75 Å². The summed E-state index contributed by atoms with van der Waals surface area (Å²) in [6.07, 6.45) is 0. The molecule has 1 saturated heterocycles. The first-order chi connectivity index (χ1) is 15.2. The number of rotatable bonds is 7. The van der Waals surface area contributed by atoms with Crippen LogP contribution >= 0.6 is 0 Å². The van der Waals surface area contributed by atoms with Crippen molar-refractivity contribution in [2.45, 2.75) is 20.0 Å². The molecule has 6 heteroatoms. The number of urea groups is 1. The average molecular weight is 413 g/mol. The minimum atomic E-state index is -0.412. The zero-order chi connectivity index (χ0) is 21.6. The van der Waals surface area contributed by atoms with Crippen molar-refractivity contribution in [3.05, 3.63) is 96.1 Å². The number of hydrogen-bond acceptors (Lipinski definition) is 4. The van der Waals surface area contributed by atoms with E-state index in [2.05, 4.69) is 4.99 Å². The second kappa shape index (κ2) is 9.26. The van der Waals surface area contributed by atoms with Gasteiger partial charge in [-0.1, -0.05) is 60.7 Å². The van der Waals surface area contributed by atoms with Crippen molar-refractivity contribution in [2.75, 3.05) is 11.5 Å². The molecule has 31 heavy (non-hydrogen) atoms. The lowest BCUT2D eigenvalue weighted by atomic mass is 10.2. The van der Waals surface area contributed by atoms with Crippen molar-refractivity contribution in [1.82, 2.24) is 4.90 Å². The summed E-state index contributed by atoms with van der Waals surface area (Å²) in [6, 6.07) is 25.8. The highest BCUT2D eigenvalue weighted by Gasteiger charge is 2.43. The van der Waals surface area contributed by atoms with Gasteiger partial charge in [0.2, 0.25) is 5.84 Å². The number of hydrogen-bond donors (Lipinski definition) is 0. The molecule has 1 heterocycles. The summed E-state index contributed by atoms with van der Waals surface area (Å²) in [5.41, 5.74) is 2.41.